The van der Waals surface area contributed by atoms with Crippen LogP contribution in [-0.2, 0) is 0 Å². The van der Waals surface area contributed by atoms with E-state index in [1.165, 1.54) is 0 Å². The first-order valence-electron chi connectivity index (χ1n) is 7.01. The Hall–Kier alpha value is -0.290. The van der Waals surface area contributed by atoms with Crippen molar-refractivity contribution in [2.75, 3.05) is 26.7 Å². The molecule has 2 nitrogen and oxygen atoms in total. The van der Waals surface area contributed by atoms with Gasteiger partial charge in [-0.15, -0.1) is 0 Å². The second kappa shape index (κ2) is 8.10. The van der Waals surface area contributed by atoms with Crippen LogP contribution in [0.25, 0.3) is 0 Å². The Morgan fingerprint density at radius 1 is 1.05 bits per heavy atom. The first kappa shape index (κ1) is 18.7. The van der Waals surface area contributed by atoms with Crippen molar-refractivity contribution in [1.82, 2.24) is 4.90 Å². The lowest BCUT2D eigenvalue weighted by Crippen LogP contribution is -2.28. The molecule has 1 unspecified atom stereocenters. The van der Waals surface area contributed by atoms with Crippen LogP contribution in [0, 0.1) is 11.3 Å². The molecule has 0 bridgehead atoms. The fraction of sp³-hybridized carbons (Fsp3) is 1.00. The Labute approximate surface area is 115 Å². The predicted octanol–water partition coefficient (Wildman–Crippen LogP) is 3.66. The highest BCUT2D eigenvalue weighted by molar-refractivity contribution is 4.74. The summed E-state index contributed by atoms with van der Waals surface area (Å²) in [5.41, 5.74) is 5.83. The zero-order valence-electron chi connectivity index (χ0n) is 12.7. The molecule has 0 fully saturated rings. The van der Waals surface area contributed by atoms with E-state index in [0.29, 0.717) is 19.0 Å². The molecule has 0 aliphatic heterocycles. The summed E-state index contributed by atoms with van der Waals surface area (Å²) in [5, 5.41) is 0. The van der Waals surface area contributed by atoms with Gasteiger partial charge in [0, 0.05) is 6.54 Å². The van der Waals surface area contributed by atoms with E-state index in [1.807, 2.05) is 0 Å². The fourth-order valence-electron chi connectivity index (χ4n) is 2.25. The van der Waals surface area contributed by atoms with Gasteiger partial charge in [-0.05, 0) is 50.7 Å². The van der Waals surface area contributed by atoms with Crippen LogP contribution in [0.15, 0.2) is 0 Å². The molecule has 0 aromatic heterocycles. The van der Waals surface area contributed by atoms with E-state index in [0.717, 1.165) is 19.3 Å². The summed E-state index contributed by atoms with van der Waals surface area (Å²) in [5.74, 6) is 0.536. The second-order valence-corrected chi connectivity index (χ2v) is 6.45. The smallest absolute Gasteiger partial charge is 0.330 e. The monoisotopic (exact) mass is 282 g/mol. The third-order valence-corrected chi connectivity index (χ3v) is 3.61. The molecular formula is C14H29F3N2. The largest absolute Gasteiger partial charge is 0.390 e. The van der Waals surface area contributed by atoms with Crippen molar-refractivity contribution in [2.45, 2.75) is 52.6 Å². The van der Waals surface area contributed by atoms with E-state index in [9.17, 15) is 13.2 Å². The zero-order valence-corrected chi connectivity index (χ0v) is 12.7. The maximum Gasteiger partial charge on any atom is 0.390 e. The van der Waals surface area contributed by atoms with Crippen LogP contribution in [0.1, 0.15) is 46.5 Å². The summed E-state index contributed by atoms with van der Waals surface area (Å²) < 4.78 is 36.2. The highest BCUT2D eigenvalue weighted by atomic mass is 19.4. The molecule has 0 rings (SSSR count). The van der Waals surface area contributed by atoms with Gasteiger partial charge in [0.2, 0.25) is 0 Å². The van der Waals surface area contributed by atoms with E-state index in [1.54, 1.807) is 11.9 Å². The molecule has 19 heavy (non-hydrogen) atoms. The molecule has 116 valence electrons. The Kier molecular flexibility index (Phi) is 7.98. The van der Waals surface area contributed by atoms with Crippen molar-refractivity contribution >= 4 is 0 Å². The topological polar surface area (TPSA) is 29.3 Å². The van der Waals surface area contributed by atoms with Gasteiger partial charge in [0.25, 0.3) is 0 Å². The van der Waals surface area contributed by atoms with Crippen LogP contribution in [0.4, 0.5) is 13.2 Å². The van der Waals surface area contributed by atoms with Crippen LogP contribution in [0.3, 0.4) is 0 Å². The number of nitrogens with two attached hydrogens (primary N) is 1. The van der Waals surface area contributed by atoms with Crippen LogP contribution in [0.2, 0.25) is 0 Å². The van der Waals surface area contributed by atoms with Gasteiger partial charge in [-0.25, -0.2) is 0 Å². The number of hydrogen-bond donors (Lipinski definition) is 1. The lowest BCUT2D eigenvalue weighted by Gasteiger charge is -2.31. The average Bonchev–Trinajstić information content (AvgIpc) is 2.23. The Morgan fingerprint density at radius 3 is 2.05 bits per heavy atom. The van der Waals surface area contributed by atoms with Gasteiger partial charge in [-0.2, -0.15) is 13.2 Å². The van der Waals surface area contributed by atoms with Crippen LogP contribution >= 0.6 is 0 Å². The molecule has 0 aromatic carbocycles. The maximum atomic E-state index is 12.1. The molecule has 0 amide bonds. The van der Waals surface area contributed by atoms with Gasteiger partial charge in [0.15, 0.2) is 0 Å². The van der Waals surface area contributed by atoms with E-state index < -0.39 is 12.6 Å². The number of hydrogen-bond acceptors (Lipinski definition) is 2. The zero-order chi connectivity index (χ0) is 15.1. The van der Waals surface area contributed by atoms with Gasteiger partial charge in [-0.3, -0.25) is 0 Å². The third-order valence-electron chi connectivity index (χ3n) is 3.61. The normalized spacial score (nSPS) is 15.0. The Morgan fingerprint density at radius 2 is 1.63 bits per heavy atom. The van der Waals surface area contributed by atoms with Gasteiger partial charge in [0.1, 0.15) is 0 Å². The molecular weight excluding hydrogens is 253 g/mol. The molecule has 0 aliphatic carbocycles. The summed E-state index contributed by atoms with van der Waals surface area (Å²) in [6.45, 7) is 8.06. The van der Waals surface area contributed by atoms with Crippen molar-refractivity contribution in [3.8, 4) is 0 Å². The van der Waals surface area contributed by atoms with Crippen molar-refractivity contribution in [3.05, 3.63) is 0 Å². The highest BCUT2D eigenvalue weighted by Gasteiger charge is 2.27. The third kappa shape index (κ3) is 10.2. The number of alkyl halides is 3. The quantitative estimate of drug-likeness (QED) is 0.736. The minimum atomic E-state index is -4.05. The molecule has 0 saturated heterocycles. The molecule has 0 spiro atoms. The lowest BCUT2D eigenvalue weighted by atomic mass is 9.76. The SMILES string of the molecule is CN(CCCC(CCN)C(C)(C)C)CCC(F)(F)F. The van der Waals surface area contributed by atoms with Gasteiger partial charge in [-0.1, -0.05) is 20.8 Å². The second-order valence-electron chi connectivity index (χ2n) is 6.45. The van der Waals surface area contributed by atoms with Crippen molar-refractivity contribution in [2.24, 2.45) is 17.1 Å². The Balaban J connectivity index is 3.93. The molecule has 0 radical (unpaired) electrons. The molecule has 0 aliphatic rings. The summed E-state index contributed by atoms with van der Waals surface area (Å²) in [4.78, 5) is 1.76. The molecule has 0 aromatic rings. The van der Waals surface area contributed by atoms with Gasteiger partial charge in [0.05, 0.1) is 6.42 Å². The van der Waals surface area contributed by atoms with Crippen LogP contribution in [0.5, 0.6) is 0 Å². The summed E-state index contributed by atoms with van der Waals surface area (Å²) in [6, 6.07) is 0. The van der Waals surface area contributed by atoms with Gasteiger partial charge < -0.3 is 10.6 Å². The maximum absolute atomic E-state index is 12.1. The van der Waals surface area contributed by atoms with Gasteiger partial charge >= 0.3 is 6.18 Å². The number of rotatable bonds is 8. The van der Waals surface area contributed by atoms with E-state index in [4.69, 9.17) is 5.73 Å². The predicted molar refractivity (Wildman–Crippen MR) is 74.0 cm³/mol. The van der Waals surface area contributed by atoms with Crippen LogP contribution < -0.4 is 5.73 Å². The average molecular weight is 282 g/mol. The summed E-state index contributed by atoms with van der Waals surface area (Å²) in [6.07, 6.45) is -1.85. The fourth-order valence-corrected chi connectivity index (χ4v) is 2.25. The highest BCUT2D eigenvalue weighted by Crippen LogP contribution is 2.32. The summed E-state index contributed by atoms with van der Waals surface area (Å²) >= 11 is 0. The molecule has 5 heteroatoms. The molecule has 2 N–H and O–H groups in total. The lowest BCUT2D eigenvalue weighted by molar-refractivity contribution is -0.137. The number of nitrogens with zero attached hydrogens (tertiary/aromatic N) is 1. The minimum Gasteiger partial charge on any atom is -0.330 e. The molecule has 0 saturated carbocycles. The standard InChI is InChI=1S/C14H29F3N2/c1-13(2,3)12(7-9-18)6-5-10-19(4)11-8-14(15,16)17/h12H,5-11,18H2,1-4H3. The minimum absolute atomic E-state index is 0.0839. The van der Waals surface area contributed by atoms with Crippen molar-refractivity contribution in [3.63, 3.8) is 0 Å². The number of halogens is 3. The summed E-state index contributed by atoms with van der Waals surface area (Å²) in [7, 11) is 1.75. The molecule has 1 atom stereocenters. The van der Waals surface area contributed by atoms with Crippen molar-refractivity contribution in [1.29, 1.82) is 0 Å². The van der Waals surface area contributed by atoms with E-state index in [2.05, 4.69) is 20.8 Å². The Bertz CT molecular complexity index is 234. The first-order chi connectivity index (χ1) is 8.56. The van der Waals surface area contributed by atoms with Crippen LogP contribution in [-0.4, -0.2) is 37.8 Å². The first-order valence-corrected chi connectivity index (χ1v) is 7.01. The van der Waals surface area contributed by atoms with E-state index >= 15 is 0 Å². The molecule has 0 heterocycles. The van der Waals surface area contributed by atoms with Crippen molar-refractivity contribution < 1.29 is 13.2 Å². The van der Waals surface area contributed by atoms with E-state index in [-0.39, 0.29) is 12.0 Å².